The largest absolute Gasteiger partial charge is 0.503 e. The van der Waals surface area contributed by atoms with Crippen molar-refractivity contribution in [1.29, 1.82) is 0 Å². The molecule has 0 bridgehead atoms. The number of carbonyl (C=O) groups excluding carboxylic acids is 2. The monoisotopic (exact) mass is 582 g/mol. The van der Waals surface area contributed by atoms with Crippen LogP contribution in [0.5, 0.6) is 11.5 Å². The van der Waals surface area contributed by atoms with Crippen molar-refractivity contribution in [3.8, 4) is 11.5 Å². The Morgan fingerprint density at radius 1 is 1.07 bits per heavy atom. The van der Waals surface area contributed by atoms with Gasteiger partial charge in [0.15, 0.2) is 28.2 Å². The number of hydrogen-bond acceptors (Lipinski definition) is 7. The van der Waals surface area contributed by atoms with Gasteiger partial charge in [0, 0.05) is 0 Å². The van der Waals surface area contributed by atoms with Gasteiger partial charge in [-0.05, 0) is 66.8 Å². The number of ketones is 1. The van der Waals surface area contributed by atoms with Crippen LogP contribution in [-0.2, 0) is 9.59 Å². The van der Waals surface area contributed by atoms with Crippen LogP contribution in [0, 0.1) is 13.8 Å². The van der Waals surface area contributed by atoms with Crippen molar-refractivity contribution in [3.05, 3.63) is 100 Å². The third kappa shape index (κ3) is 5.81. The number of methoxy groups -OCH3 is 1. The number of fused-ring (bicyclic) bond motifs is 1. The highest BCUT2D eigenvalue weighted by atomic mass is 32.1. The van der Waals surface area contributed by atoms with Gasteiger partial charge in [-0.3, -0.25) is 14.5 Å². The Hall–Kier alpha value is -4.43. The molecule has 0 spiro atoms. The maximum Gasteiger partial charge on any atom is 0.296 e. The fraction of sp³-hybridized carbons (Fsp3) is 0.265. The first-order valence-corrected chi connectivity index (χ1v) is 14.9. The van der Waals surface area contributed by atoms with Crippen LogP contribution in [0.1, 0.15) is 54.5 Å². The molecule has 5 rings (SSSR count). The molecule has 0 fully saturated rings. The number of benzene rings is 3. The second-order valence-corrected chi connectivity index (χ2v) is 11.3. The summed E-state index contributed by atoms with van der Waals surface area (Å²) in [5.41, 5.74) is 4.25. The van der Waals surface area contributed by atoms with Crippen LogP contribution in [0.2, 0.25) is 0 Å². The molecular formula is C34H34N2O5S. The number of aliphatic hydroxyl groups is 1. The number of unbranched alkanes of at least 4 members (excludes halogenated alkanes) is 2. The summed E-state index contributed by atoms with van der Waals surface area (Å²) in [6, 6.07) is 17.9. The summed E-state index contributed by atoms with van der Waals surface area (Å²) >= 11 is 1.35. The summed E-state index contributed by atoms with van der Waals surface area (Å²) in [6.07, 6.45) is 6.13. The molecule has 216 valence electrons. The maximum atomic E-state index is 13.7. The third-order valence-electron chi connectivity index (χ3n) is 7.23. The highest BCUT2D eigenvalue weighted by Gasteiger charge is 2.45. The first-order valence-electron chi connectivity index (χ1n) is 14.0. The predicted molar refractivity (Wildman–Crippen MR) is 167 cm³/mol. The van der Waals surface area contributed by atoms with Gasteiger partial charge >= 0.3 is 0 Å². The lowest BCUT2D eigenvalue weighted by Gasteiger charge is -2.25. The highest BCUT2D eigenvalue weighted by Crippen LogP contribution is 2.45. The topological polar surface area (TPSA) is 89.0 Å². The molecule has 2 heterocycles. The lowest BCUT2D eigenvalue weighted by Crippen LogP contribution is -2.30. The van der Waals surface area contributed by atoms with Crippen molar-refractivity contribution >= 4 is 44.5 Å². The Morgan fingerprint density at radius 2 is 1.86 bits per heavy atom. The van der Waals surface area contributed by atoms with Crippen LogP contribution in [-0.4, -0.2) is 35.5 Å². The van der Waals surface area contributed by atoms with Gasteiger partial charge < -0.3 is 14.6 Å². The molecule has 1 amide bonds. The van der Waals surface area contributed by atoms with Crippen molar-refractivity contribution in [2.75, 3.05) is 18.6 Å². The van der Waals surface area contributed by atoms with E-state index in [2.05, 4.69) is 6.92 Å². The number of allylic oxidation sites excluding steroid dienone is 1. The van der Waals surface area contributed by atoms with Crippen LogP contribution < -0.4 is 14.4 Å². The fourth-order valence-electron chi connectivity index (χ4n) is 5.17. The molecular weight excluding hydrogens is 548 g/mol. The second-order valence-electron chi connectivity index (χ2n) is 10.3. The minimum Gasteiger partial charge on any atom is -0.503 e. The number of carbonyl (C=O) groups is 2. The van der Waals surface area contributed by atoms with E-state index in [4.69, 9.17) is 14.5 Å². The Morgan fingerprint density at radius 3 is 2.60 bits per heavy atom. The van der Waals surface area contributed by atoms with E-state index in [0.717, 1.165) is 46.2 Å². The van der Waals surface area contributed by atoms with Crippen LogP contribution in [0.25, 0.3) is 16.3 Å². The lowest BCUT2D eigenvalue weighted by atomic mass is 9.95. The van der Waals surface area contributed by atoms with Crippen LogP contribution in [0.15, 0.2) is 78.1 Å². The number of aliphatic hydroxyl groups excluding tert-OH is 1. The number of anilines is 1. The molecule has 1 aliphatic heterocycles. The summed E-state index contributed by atoms with van der Waals surface area (Å²) in [7, 11) is 1.55. The molecule has 1 N–H and O–H groups in total. The second kappa shape index (κ2) is 12.6. The van der Waals surface area contributed by atoms with E-state index >= 15 is 0 Å². The molecule has 0 saturated heterocycles. The predicted octanol–water partition coefficient (Wildman–Crippen LogP) is 7.67. The van der Waals surface area contributed by atoms with Crippen LogP contribution >= 0.6 is 11.3 Å². The zero-order chi connectivity index (χ0) is 29.8. The van der Waals surface area contributed by atoms with E-state index < -0.39 is 23.5 Å². The summed E-state index contributed by atoms with van der Waals surface area (Å²) in [6.45, 7) is 6.67. The number of nitrogens with zero attached hydrogens (tertiary/aromatic N) is 2. The Balaban J connectivity index is 1.59. The minimum atomic E-state index is -0.921. The van der Waals surface area contributed by atoms with E-state index in [0.29, 0.717) is 28.8 Å². The highest BCUT2D eigenvalue weighted by molar-refractivity contribution is 7.22. The third-order valence-corrected chi connectivity index (χ3v) is 8.24. The van der Waals surface area contributed by atoms with Crippen LogP contribution in [0.4, 0.5) is 5.13 Å². The number of aryl methyl sites for hydroxylation is 2. The molecule has 1 atom stereocenters. The van der Waals surface area contributed by atoms with Crippen molar-refractivity contribution in [3.63, 3.8) is 0 Å². The molecule has 7 nitrogen and oxygen atoms in total. The molecule has 3 aromatic carbocycles. The van der Waals surface area contributed by atoms with Crippen molar-refractivity contribution < 1.29 is 24.2 Å². The van der Waals surface area contributed by atoms with Crippen molar-refractivity contribution in [2.45, 2.75) is 46.1 Å². The summed E-state index contributed by atoms with van der Waals surface area (Å²) in [5, 5.41) is 11.6. The van der Waals surface area contributed by atoms with Gasteiger partial charge in [0.25, 0.3) is 5.91 Å². The Bertz CT molecular complexity index is 1690. The van der Waals surface area contributed by atoms with Crippen LogP contribution in [0.3, 0.4) is 0 Å². The number of hydrogen-bond donors (Lipinski definition) is 1. The average molecular weight is 583 g/mol. The molecule has 42 heavy (non-hydrogen) atoms. The maximum absolute atomic E-state index is 13.7. The lowest BCUT2D eigenvalue weighted by molar-refractivity contribution is -0.117. The Kier molecular flexibility index (Phi) is 8.73. The number of ether oxygens (including phenoxy) is 2. The zero-order valence-electron chi connectivity index (χ0n) is 24.2. The van der Waals surface area contributed by atoms with E-state index in [1.807, 2.05) is 56.3 Å². The van der Waals surface area contributed by atoms with Gasteiger partial charge in [-0.25, -0.2) is 4.98 Å². The van der Waals surface area contributed by atoms with Gasteiger partial charge in [-0.1, -0.05) is 79.6 Å². The molecule has 0 radical (unpaired) electrons. The molecule has 1 aromatic heterocycles. The molecule has 8 heteroatoms. The number of amides is 1. The van der Waals surface area contributed by atoms with Gasteiger partial charge in [-0.15, -0.1) is 0 Å². The first kappa shape index (κ1) is 29.1. The summed E-state index contributed by atoms with van der Waals surface area (Å²) < 4.78 is 12.6. The van der Waals surface area contributed by atoms with E-state index in [1.54, 1.807) is 31.4 Å². The summed E-state index contributed by atoms with van der Waals surface area (Å²) in [5.74, 6) is -0.684. The van der Waals surface area contributed by atoms with Crippen molar-refractivity contribution in [2.24, 2.45) is 0 Å². The minimum absolute atomic E-state index is 0.0157. The average Bonchev–Trinajstić information content (AvgIpc) is 3.53. The zero-order valence-corrected chi connectivity index (χ0v) is 25.0. The molecule has 0 aliphatic carbocycles. The van der Waals surface area contributed by atoms with Gasteiger partial charge in [-0.2, -0.15) is 0 Å². The number of thiazole rings is 1. The Labute approximate surface area is 249 Å². The number of rotatable bonds is 11. The standard InChI is InChI=1S/C34H34N2O5S/c1-5-6-10-17-41-26-16-14-24(20-27(26)40-4)31-29(25(37)15-13-23-11-8-7-9-12-23)32(38)33(39)36(31)34-35-30-22(3)18-21(2)19-28(30)42-34/h7-9,11-16,18-20,31,38H,5-6,10,17H2,1-4H3. The molecule has 1 aliphatic rings. The van der Waals surface area contributed by atoms with Gasteiger partial charge in [0.05, 0.1) is 35.5 Å². The van der Waals surface area contributed by atoms with E-state index in [9.17, 15) is 14.7 Å². The quantitative estimate of drug-likeness (QED) is 0.144. The normalized spacial score (nSPS) is 15.3. The molecule has 0 saturated carbocycles. The molecule has 1 unspecified atom stereocenters. The number of aromatic nitrogens is 1. The fourth-order valence-corrected chi connectivity index (χ4v) is 6.33. The first-order chi connectivity index (χ1) is 20.3. The van der Waals surface area contributed by atoms with Gasteiger partial charge in [0.1, 0.15) is 0 Å². The van der Waals surface area contributed by atoms with Gasteiger partial charge in [0.2, 0.25) is 0 Å². The SMILES string of the molecule is CCCCCOc1ccc(C2C(C(=O)C=Cc3ccccc3)=C(O)C(=O)N2c2nc3c(C)cc(C)cc3s2)cc1OC. The van der Waals surface area contributed by atoms with E-state index in [-0.39, 0.29) is 5.57 Å². The summed E-state index contributed by atoms with van der Waals surface area (Å²) in [4.78, 5) is 33.6. The smallest absolute Gasteiger partial charge is 0.296 e. The molecule has 4 aromatic rings. The van der Waals surface area contributed by atoms with E-state index in [1.165, 1.54) is 22.3 Å². The van der Waals surface area contributed by atoms with Crippen molar-refractivity contribution in [1.82, 2.24) is 4.98 Å².